The summed E-state index contributed by atoms with van der Waals surface area (Å²) in [7, 11) is -1.50. The second kappa shape index (κ2) is 9.07. The van der Waals surface area contributed by atoms with Gasteiger partial charge in [0.1, 0.15) is 6.10 Å². The largest absolute Gasteiger partial charge is 0.466 e. The first kappa shape index (κ1) is 24.8. The number of carbonyl (C=O) groups excluding carboxylic acids is 3. The molecule has 0 bridgehead atoms. The average Bonchev–Trinajstić information content (AvgIpc) is 3.42. The van der Waals surface area contributed by atoms with Gasteiger partial charge in [-0.25, -0.2) is 9.59 Å². The van der Waals surface area contributed by atoms with Gasteiger partial charge in [0.15, 0.2) is 24.8 Å². The number of rotatable bonds is 7. The van der Waals surface area contributed by atoms with E-state index in [1.807, 2.05) is 6.92 Å². The molecular weight excluding hydrogens is 460 g/mol. The van der Waals surface area contributed by atoms with Crippen LogP contribution in [0, 0.1) is 5.41 Å². The third kappa shape index (κ3) is 4.90. The maximum Gasteiger partial charge on any atom is 0.350 e. The lowest BCUT2D eigenvalue weighted by molar-refractivity contribution is -0.188. The molecule has 3 saturated heterocycles. The second-order valence-electron chi connectivity index (χ2n) is 10.8. The monoisotopic (exact) mass is 492 g/mol. The SMILES string of the molecule is CCC(C)(C)C(=O)OC1C(=O)OC2C3OC(c4ccc(C(=O)OC[Si](C)(C)C)cc4)OC3OC12. The number of ether oxygens (including phenoxy) is 6. The van der Waals surface area contributed by atoms with Gasteiger partial charge in [-0.1, -0.05) is 38.7 Å². The van der Waals surface area contributed by atoms with E-state index in [4.69, 9.17) is 28.4 Å². The van der Waals surface area contributed by atoms with Crippen LogP contribution in [0.4, 0.5) is 0 Å². The molecule has 0 spiro atoms. The van der Waals surface area contributed by atoms with Gasteiger partial charge >= 0.3 is 17.9 Å². The standard InChI is InChI=1S/C24H32O9Si/c1-7-24(2,3)23(27)32-17-15-16(29-20(17)26)18-22(30-15)33-21(31-18)14-10-8-13(9-11-14)19(25)28-12-34(4,5)6/h8-11,15-18,21-22H,7,12H2,1-6H3. The Labute approximate surface area is 200 Å². The smallest absolute Gasteiger partial charge is 0.350 e. The number of hydrogen-bond acceptors (Lipinski definition) is 9. The molecule has 4 rings (SSSR count). The van der Waals surface area contributed by atoms with Crippen molar-refractivity contribution in [3.63, 3.8) is 0 Å². The number of benzene rings is 1. The molecule has 3 fully saturated rings. The lowest BCUT2D eigenvalue weighted by Gasteiger charge is -2.24. The van der Waals surface area contributed by atoms with Gasteiger partial charge in [0, 0.05) is 5.56 Å². The van der Waals surface area contributed by atoms with Gasteiger partial charge in [0.05, 0.1) is 25.3 Å². The fourth-order valence-corrected chi connectivity index (χ4v) is 4.31. The Kier molecular flexibility index (Phi) is 6.62. The molecule has 0 aromatic heterocycles. The van der Waals surface area contributed by atoms with Gasteiger partial charge < -0.3 is 28.4 Å². The number of esters is 3. The van der Waals surface area contributed by atoms with Crippen LogP contribution in [0.1, 0.15) is 49.4 Å². The summed E-state index contributed by atoms with van der Waals surface area (Å²) in [5.41, 5.74) is 0.409. The summed E-state index contributed by atoms with van der Waals surface area (Å²) in [6, 6.07) is 6.78. The van der Waals surface area contributed by atoms with Crippen molar-refractivity contribution in [2.24, 2.45) is 5.41 Å². The Balaban J connectivity index is 1.37. The van der Waals surface area contributed by atoms with Crippen molar-refractivity contribution in [3.05, 3.63) is 35.4 Å². The van der Waals surface area contributed by atoms with Crippen molar-refractivity contribution < 1.29 is 42.8 Å². The molecule has 0 N–H and O–H groups in total. The molecule has 0 radical (unpaired) electrons. The zero-order valence-corrected chi connectivity index (χ0v) is 21.4. The molecule has 3 heterocycles. The number of hydrogen-bond donors (Lipinski definition) is 0. The van der Waals surface area contributed by atoms with Gasteiger partial charge in [-0.2, -0.15) is 0 Å². The fourth-order valence-electron chi connectivity index (χ4n) is 3.75. The molecular formula is C24H32O9Si. The summed E-state index contributed by atoms with van der Waals surface area (Å²) < 4.78 is 34.1. The molecule has 1 aromatic rings. The summed E-state index contributed by atoms with van der Waals surface area (Å²) in [5, 5.41) is 0. The third-order valence-electron chi connectivity index (χ3n) is 6.25. The number of carbonyl (C=O) groups is 3. The second-order valence-corrected chi connectivity index (χ2v) is 16.2. The van der Waals surface area contributed by atoms with Gasteiger partial charge in [-0.3, -0.25) is 4.79 Å². The van der Waals surface area contributed by atoms with Crippen LogP contribution in [-0.2, 0) is 38.0 Å². The summed E-state index contributed by atoms with van der Waals surface area (Å²) in [5.74, 6) is -1.50. The van der Waals surface area contributed by atoms with Gasteiger partial charge in [0.2, 0.25) is 6.10 Å². The van der Waals surface area contributed by atoms with Crippen LogP contribution in [0.2, 0.25) is 19.6 Å². The highest BCUT2D eigenvalue weighted by atomic mass is 28.3. The van der Waals surface area contributed by atoms with Crippen molar-refractivity contribution in [1.82, 2.24) is 0 Å². The maximum atomic E-state index is 12.5. The highest BCUT2D eigenvalue weighted by molar-refractivity contribution is 6.76. The molecule has 3 aliphatic heterocycles. The quantitative estimate of drug-likeness (QED) is 0.322. The minimum atomic E-state index is -1.50. The Bertz CT molecular complexity index is 952. The van der Waals surface area contributed by atoms with E-state index < -0.39 is 62.4 Å². The summed E-state index contributed by atoms with van der Waals surface area (Å²) >= 11 is 0. The predicted octanol–water partition coefficient (Wildman–Crippen LogP) is 3.13. The Morgan fingerprint density at radius 1 is 1.00 bits per heavy atom. The van der Waals surface area contributed by atoms with Crippen LogP contribution in [0.25, 0.3) is 0 Å². The van der Waals surface area contributed by atoms with Crippen LogP contribution in [-0.4, -0.2) is 62.9 Å². The Morgan fingerprint density at radius 3 is 2.29 bits per heavy atom. The van der Waals surface area contributed by atoms with E-state index in [0.29, 0.717) is 23.8 Å². The Morgan fingerprint density at radius 2 is 1.68 bits per heavy atom. The highest BCUT2D eigenvalue weighted by Gasteiger charge is 2.63. The van der Waals surface area contributed by atoms with Crippen LogP contribution in [0.5, 0.6) is 0 Å². The van der Waals surface area contributed by atoms with Crippen LogP contribution in [0.15, 0.2) is 24.3 Å². The molecule has 3 aliphatic rings. The zero-order valence-electron chi connectivity index (χ0n) is 20.4. The molecule has 0 saturated carbocycles. The van der Waals surface area contributed by atoms with E-state index in [1.54, 1.807) is 38.1 Å². The predicted molar refractivity (Wildman–Crippen MR) is 121 cm³/mol. The van der Waals surface area contributed by atoms with Crippen LogP contribution in [0.3, 0.4) is 0 Å². The molecule has 6 unspecified atom stereocenters. The highest BCUT2D eigenvalue weighted by Crippen LogP contribution is 2.44. The molecule has 6 atom stereocenters. The van der Waals surface area contributed by atoms with E-state index in [2.05, 4.69) is 19.6 Å². The maximum absolute atomic E-state index is 12.5. The van der Waals surface area contributed by atoms with Crippen molar-refractivity contribution >= 4 is 26.0 Å². The van der Waals surface area contributed by atoms with Gasteiger partial charge in [0.25, 0.3) is 0 Å². The van der Waals surface area contributed by atoms with E-state index in [-0.39, 0.29) is 5.97 Å². The lowest BCUT2D eigenvalue weighted by atomic mass is 9.90. The van der Waals surface area contributed by atoms with E-state index in [9.17, 15) is 14.4 Å². The van der Waals surface area contributed by atoms with E-state index in [1.165, 1.54) is 0 Å². The molecule has 9 nitrogen and oxygen atoms in total. The first-order valence-electron chi connectivity index (χ1n) is 11.5. The topological polar surface area (TPSA) is 107 Å². The van der Waals surface area contributed by atoms with Crippen molar-refractivity contribution in [1.29, 1.82) is 0 Å². The van der Waals surface area contributed by atoms with Crippen LogP contribution >= 0.6 is 0 Å². The average molecular weight is 493 g/mol. The first-order chi connectivity index (χ1) is 15.9. The summed E-state index contributed by atoms with van der Waals surface area (Å²) in [4.78, 5) is 37.1. The minimum Gasteiger partial charge on any atom is -0.466 e. The summed E-state index contributed by atoms with van der Waals surface area (Å²) in [6.07, 6.45) is -3.82. The normalized spacial score (nSPS) is 30.5. The van der Waals surface area contributed by atoms with Crippen molar-refractivity contribution in [2.45, 2.75) is 83.8 Å². The first-order valence-corrected chi connectivity index (χ1v) is 15.3. The minimum absolute atomic E-state index is 0.366. The lowest BCUT2D eigenvalue weighted by Crippen LogP contribution is -2.39. The molecule has 0 aliphatic carbocycles. The molecule has 0 amide bonds. The molecule has 1 aromatic carbocycles. The van der Waals surface area contributed by atoms with Crippen molar-refractivity contribution in [2.75, 3.05) is 6.23 Å². The van der Waals surface area contributed by atoms with Gasteiger partial charge in [-0.15, -0.1) is 0 Å². The van der Waals surface area contributed by atoms with Crippen LogP contribution < -0.4 is 0 Å². The van der Waals surface area contributed by atoms with Gasteiger partial charge in [-0.05, 0) is 32.4 Å². The fraction of sp³-hybridized carbons (Fsp3) is 0.625. The van der Waals surface area contributed by atoms with Crippen molar-refractivity contribution in [3.8, 4) is 0 Å². The number of fused-ring (bicyclic) bond motifs is 3. The molecule has 186 valence electrons. The summed E-state index contributed by atoms with van der Waals surface area (Å²) in [6.45, 7) is 11.8. The van der Waals surface area contributed by atoms with E-state index in [0.717, 1.165) is 0 Å². The third-order valence-corrected chi connectivity index (χ3v) is 7.26. The molecule has 34 heavy (non-hydrogen) atoms. The van der Waals surface area contributed by atoms with E-state index >= 15 is 0 Å². The zero-order chi connectivity index (χ0) is 24.8. The molecule has 10 heteroatoms. The Hall–Kier alpha value is -2.27.